The van der Waals surface area contributed by atoms with Crippen LogP contribution >= 0.6 is 0 Å². The summed E-state index contributed by atoms with van der Waals surface area (Å²) in [6.07, 6.45) is 1.64. The molecule has 0 saturated carbocycles. The summed E-state index contributed by atoms with van der Waals surface area (Å²) in [4.78, 5) is 46.1. The van der Waals surface area contributed by atoms with Crippen LogP contribution in [-0.2, 0) is 38.1 Å². The molecule has 0 spiro atoms. The van der Waals surface area contributed by atoms with Crippen molar-refractivity contribution in [2.45, 2.75) is 51.7 Å². The molecule has 0 aliphatic carbocycles. The van der Waals surface area contributed by atoms with Crippen molar-refractivity contribution in [3.8, 4) is 0 Å². The number of hydrogen-bond donors (Lipinski definition) is 0. The lowest BCUT2D eigenvalue weighted by Gasteiger charge is -2.12. The van der Waals surface area contributed by atoms with E-state index in [1.165, 1.54) is 26.0 Å². The van der Waals surface area contributed by atoms with E-state index in [1.807, 2.05) is 0 Å². The Bertz CT molecular complexity index is 465. The minimum Gasteiger partial charge on any atom is -0.459 e. The molecule has 0 rings (SSSR count). The summed E-state index contributed by atoms with van der Waals surface area (Å²) < 4.78 is 19.3. The molecule has 0 radical (unpaired) electrons. The van der Waals surface area contributed by atoms with E-state index in [0.29, 0.717) is 12.8 Å². The average molecular weight is 370 g/mol. The monoisotopic (exact) mass is 370 g/mol. The zero-order valence-electron chi connectivity index (χ0n) is 15.2. The van der Waals surface area contributed by atoms with E-state index in [9.17, 15) is 19.2 Å². The molecule has 8 nitrogen and oxygen atoms in total. The number of rotatable bonds is 13. The van der Waals surface area contributed by atoms with Crippen LogP contribution in [0.4, 0.5) is 0 Å². The van der Waals surface area contributed by atoms with E-state index in [4.69, 9.17) is 18.9 Å². The van der Waals surface area contributed by atoms with E-state index in [0.717, 1.165) is 0 Å². The van der Waals surface area contributed by atoms with E-state index in [1.54, 1.807) is 0 Å². The van der Waals surface area contributed by atoms with Gasteiger partial charge in [0.2, 0.25) is 0 Å². The molecule has 2 atom stereocenters. The molecule has 0 aliphatic heterocycles. The standard InChI is InChI=1S/C18H26O8/c1-5-11-23-17(21)13(3)25-15(19)9-7-8-10-16(20)26-14(4)18(22)24-12-6-2/h5-6,13-14H,1-2,7-12H2,3-4H3. The summed E-state index contributed by atoms with van der Waals surface area (Å²) in [7, 11) is 0. The third-order valence-corrected chi connectivity index (χ3v) is 2.98. The average Bonchev–Trinajstić information content (AvgIpc) is 2.60. The first-order chi connectivity index (χ1) is 12.3. The van der Waals surface area contributed by atoms with Gasteiger partial charge < -0.3 is 18.9 Å². The van der Waals surface area contributed by atoms with Crippen LogP contribution in [0.25, 0.3) is 0 Å². The maximum atomic E-state index is 11.6. The molecular weight excluding hydrogens is 344 g/mol. The number of esters is 4. The van der Waals surface area contributed by atoms with Crippen molar-refractivity contribution in [2.75, 3.05) is 13.2 Å². The molecule has 0 aromatic heterocycles. The van der Waals surface area contributed by atoms with Gasteiger partial charge >= 0.3 is 23.9 Å². The topological polar surface area (TPSA) is 105 Å². The molecule has 26 heavy (non-hydrogen) atoms. The molecule has 0 fully saturated rings. The van der Waals surface area contributed by atoms with E-state index in [2.05, 4.69) is 13.2 Å². The van der Waals surface area contributed by atoms with Gasteiger partial charge in [0.1, 0.15) is 13.2 Å². The highest BCUT2D eigenvalue weighted by Gasteiger charge is 2.20. The van der Waals surface area contributed by atoms with Crippen LogP contribution in [0.5, 0.6) is 0 Å². The van der Waals surface area contributed by atoms with Gasteiger partial charge in [-0.1, -0.05) is 25.3 Å². The van der Waals surface area contributed by atoms with Crippen molar-refractivity contribution < 1.29 is 38.1 Å². The van der Waals surface area contributed by atoms with Crippen LogP contribution in [-0.4, -0.2) is 49.3 Å². The zero-order chi connectivity index (χ0) is 19.9. The quantitative estimate of drug-likeness (QED) is 0.209. The van der Waals surface area contributed by atoms with Crippen molar-refractivity contribution in [3.63, 3.8) is 0 Å². The largest absolute Gasteiger partial charge is 0.459 e. The van der Waals surface area contributed by atoms with Crippen LogP contribution in [0.2, 0.25) is 0 Å². The van der Waals surface area contributed by atoms with Gasteiger partial charge in [-0.25, -0.2) is 9.59 Å². The lowest BCUT2D eigenvalue weighted by atomic mass is 10.2. The maximum Gasteiger partial charge on any atom is 0.347 e. The van der Waals surface area contributed by atoms with Crippen LogP contribution in [0.3, 0.4) is 0 Å². The van der Waals surface area contributed by atoms with E-state index in [-0.39, 0.29) is 26.1 Å². The Kier molecular flexibility index (Phi) is 12.2. The first kappa shape index (κ1) is 23.4. The highest BCUT2D eigenvalue weighted by atomic mass is 16.6. The predicted molar refractivity (Wildman–Crippen MR) is 91.9 cm³/mol. The number of carbonyl (C=O) groups is 4. The Balaban J connectivity index is 3.93. The van der Waals surface area contributed by atoms with Crippen LogP contribution in [0.1, 0.15) is 39.5 Å². The third kappa shape index (κ3) is 11.0. The molecule has 0 amide bonds. The number of carbonyl (C=O) groups excluding carboxylic acids is 4. The van der Waals surface area contributed by atoms with Gasteiger partial charge in [-0.05, 0) is 26.7 Å². The summed E-state index contributed by atoms with van der Waals surface area (Å²) in [6, 6.07) is 0. The molecule has 146 valence electrons. The van der Waals surface area contributed by atoms with Crippen LogP contribution in [0, 0.1) is 0 Å². The fraction of sp³-hybridized carbons (Fsp3) is 0.556. The summed E-state index contributed by atoms with van der Waals surface area (Å²) in [6.45, 7) is 9.72. The number of ether oxygens (including phenoxy) is 4. The minimum absolute atomic E-state index is 0.0440. The second-order valence-electron chi connectivity index (χ2n) is 5.31. The lowest BCUT2D eigenvalue weighted by molar-refractivity contribution is -0.166. The molecule has 0 saturated heterocycles. The second-order valence-corrected chi connectivity index (χ2v) is 5.31. The Morgan fingerprint density at radius 2 is 1.12 bits per heavy atom. The molecular formula is C18H26O8. The van der Waals surface area contributed by atoms with Gasteiger partial charge in [-0.3, -0.25) is 9.59 Å². The van der Waals surface area contributed by atoms with Crippen molar-refractivity contribution in [1.29, 1.82) is 0 Å². The van der Waals surface area contributed by atoms with Crippen molar-refractivity contribution >= 4 is 23.9 Å². The highest BCUT2D eigenvalue weighted by molar-refractivity contribution is 5.79. The number of unbranched alkanes of at least 4 members (excludes halogenated alkanes) is 1. The molecule has 0 aromatic rings. The smallest absolute Gasteiger partial charge is 0.347 e. The summed E-state index contributed by atoms with van der Waals surface area (Å²) in [5.74, 6) is -2.44. The normalized spacial score (nSPS) is 12.2. The van der Waals surface area contributed by atoms with E-state index >= 15 is 0 Å². The van der Waals surface area contributed by atoms with Crippen molar-refractivity contribution in [2.24, 2.45) is 0 Å². The first-order valence-corrected chi connectivity index (χ1v) is 8.25. The van der Waals surface area contributed by atoms with Gasteiger partial charge in [0.25, 0.3) is 0 Å². The van der Waals surface area contributed by atoms with E-state index < -0.39 is 36.1 Å². The fourth-order valence-electron chi connectivity index (χ4n) is 1.66. The Labute approximate surface area is 153 Å². The zero-order valence-corrected chi connectivity index (χ0v) is 15.2. The maximum absolute atomic E-state index is 11.6. The highest BCUT2D eigenvalue weighted by Crippen LogP contribution is 2.07. The Morgan fingerprint density at radius 3 is 1.42 bits per heavy atom. The van der Waals surface area contributed by atoms with Gasteiger partial charge in [0.05, 0.1) is 0 Å². The molecule has 0 heterocycles. The van der Waals surface area contributed by atoms with Gasteiger partial charge in [-0.15, -0.1) is 0 Å². The Hall–Kier alpha value is -2.64. The lowest BCUT2D eigenvalue weighted by Crippen LogP contribution is -2.26. The fourth-order valence-corrected chi connectivity index (χ4v) is 1.66. The molecule has 0 aliphatic rings. The third-order valence-electron chi connectivity index (χ3n) is 2.98. The van der Waals surface area contributed by atoms with Gasteiger partial charge in [-0.2, -0.15) is 0 Å². The molecule has 0 N–H and O–H groups in total. The van der Waals surface area contributed by atoms with Gasteiger partial charge in [0.15, 0.2) is 12.2 Å². The SMILES string of the molecule is C=CCOC(=O)C(C)OC(=O)CCCCC(=O)OC(C)C(=O)OCC=C. The summed E-state index contributed by atoms with van der Waals surface area (Å²) in [5, 5.41) is 0. The van der Waals surface area contributed by atoms with Gasteiger partial charge in [0, 0.05) is 12.8 Å². The summed E-state index contributed by atoms with van der Waals surface area (Å²) >= 11 is 0. The van der Waals surface area contributed by atoms with Crippen molar-refractivity contribution in [3.05, 3.63) is 25.3 Å². The molecule has 8 heteroatoms. The summed E-state index contributed by atoms with van der Waals surface area (Å²) in [5.41, 5.74) is 0. The number of hydrogen-bond acceptors (Lipinski definition) is 8. The van der Waals surface area contributed by atoms with Crippen LogP contribution in [0.15, 0.2) is 25.3 Å². The minimum atomic E-state index is -1.00. The molecule has 2 unspecified atom stereocenters. The Morgan fingerprint density at radius 1 is 0.769 bits per heavy atom. The first-order valence-electron chi connectivity index (χ1n) is 8.25. The molecule has 0 bridgehead atoms. The predicted octanol–water partition coefficient (Wildman–Crippen LogP) is 1.87. The van der Waals surface area contributed by atoms with Crippen LogP contribution < -0.4 is 0 Å². The van der Waals surface area contributed by atoms with Crippen molar-refractivity contribution in [1.82, 2.24) is 0 Å². The second kappa shape index (κ2) is 13.6. The molecule has 0 aromatic carbocycles.